The quantitative estimate of drug-likeness (QED) is 0.811. The van der Waals surface area contributed by atoms with E-state index in [2.05, 4.69) is 4.90 Å². The van der Waals surface area contributed by atoms with Crippen molar-refractivity contribution in [1.29, 1.82) is 0 Å². The van der Waals surface area contributed by atoms with Crippen LogP contribution in [0.25, 0.3) is 0 Å². The van der Waals surface area contributed by atoms with Crippen molar-refractivity contribution in [3.05, 3.63) is 24.2 Å². The number of piperidine rings is 1. The largest absolute Gasteiger partial charge is 0.468 e. The van der Waals surface area contributed by atoms with Crippen molar-refractivity contribution in [3.8, 4) is 0 Å². The predicted molar refractivity (Wildman–Crippen MR) is 82.8 cm³/mol. The van der Waals surface area contributed by atoms with Crippen LogP contribution in [0.2, 0.25) is 0 Å². The van der Waals surface area contributed by atoms with E-state index in [1.165, 1.54) is 0 Å². The molecule has 0 bridgehead atoms. The van der Waals surface area contributed by atoms with E-state index in [4.69, 9.17) is 9.15 Å². The van der Waals surface area contributed by atoms with Crippen LogP contribution in [0.1, 0.15) is 19.1 Å². The van der Waals surface area contributed by atoms with E-state index >= 15 is 0 Å². The summed E-state index contributed by atoms with van der Waals surface area (Å²) in [6, 6.07) is 3.85. The number of methoxy groups -OCH3 is 1. The minimum atomic E-state index is -3.16. The van der Waals surface area contributed by atoms with E-state index in [0.717, 1.165) is 31.8 Å². The first-order valence-corrected chi connectivity index (χ1v) is 9.43. The van der Waals surface area contributed by atoms with Crippen LogP contribution >= 0.6 is 0 Å². The number of hydrogen-bond acceptors (Lipinski definition) is 5. The van der Waals surface area contributed by atoms with Crippen molar-refractivity contribution < 1.29 is 17.6 Å². The standard InChI is InChI=1S/C15H24N2O4S/c1-3-22(18,19)17-7-6-15(20-2)13-10-16(11-14(13)17)9-12-5-4-8-21-12/h4-5,8,13-15H,3,6-7,9-11H2,1-2H3/t13-,14+,15-/m0/s1. The summed E-state index contributed by atoms with van der Waals surface area (Å²) in [5, 5.41) is 0. The number of nitrogens with zero attached hydrogens (tertiary/aromatic N) is 2. The Hall–Kier alpha value is -0.890. The summed E-state index contributed by atoms with van der Waals surface area (Å²) >= 11 is 0. The second-order valence-corrected chi connectivity index (χ2v) is 8.29. The molecule has 3 rings (SSSR count). The number of ether oxygens (including phenoxy) is 1. The zero-order valence-corrected chi connectivity index (χ0v) is 14.0. The first-order chi connectivity index (χ1) is 10.5. The summed E-state index contributed by atoms with van der Waals surface area (Å²) in [5.74, 6) is 1.30. The van der Waals surface area contributed by atoms with Crippen molar-refractivity contribution >= 4 is 10.0 Å². The summed E-state index contributed by atoms with van der Waals surface area (Å²) in [4.78, 5) is 2.27. The first kappa shape index (κ1) is 16.0. The molecule has 1 aromatic rings. The van der Waals surface area contributed by atoms with Crippen LogP contribution in [0, 0.1) is 5.92 Å². The molecule has 2 aliphatic heterocycles. The SMILES string of the molecule is CCS(=O)(=O)N1CC[C@H](OC)[C@H]2CN(Cc3ccco3)C[C@H]21. The van der Waals surface area contributed by atoms with Gasteiger partial charge in [-0.25, -0.2) is 8.42 Å². The fourth-order valence-electron chi connectivity index (χ4n) is 3.75. The summed E-state index contributed by atoms with van der Waals surface area (Å²) in [6.45, 7) is 4.58. The second kappa shape index (κ2) is 6.31. The van der Waals surface area contributed by atoms with Gasteiger partial charge >= 0.3 is 0 Å². The van der Waals surface area contributed by atoms with E-state index in [1.807, 2.05) is 12.1 Å². The Labute approximate surface area is 132 Å². The molecule has 2 fully saturated rings. The molecule has 0 aliphatic carbocycles. The lowest BCUT2D eigenvalue weighted by atomic mass is 9.91. The van der Waals surface area contributed by atoms with Gasteiger partial charge in [-0.15, -0.1) is 0 Å². The minimum Gasteiger partial charge on any atom is -0.468 e. The monoisotopic (exact) mass is 328 g/mol. The van der Waals surface area contributed by atoms with Gasteiger partial charge in [0.15, 0.2) is 0 Å². The molecular weight excluding hydrogens is 304 g/mol. The molecule has 2 saturated heterocycles. The van der Waals surface area contributed by atoms with Crippen LogP contribution in [0.3, 0.4) is 0 Å². The highest BCUT2D eigenvalue weighted by atomic mass is 32.2. The lowest BCUT2D eigenvalue weighted by Gasteiger charge is -2.39. The third-order valence-electron chi connectivity index (χ3n) is 4.87. The summed E-state index contributed by atoms with van der Waals surface area (Å²) in [6.07, 6.45) is 2.57. The van der Waals surface area contributed by atoms with Crippen molar-refractivity contribution in [2.24, 2.45) is 5.92 Å². The second-order valence-electron chi connectivity index (χ2n) is 6.08. The third-order valence-corrected chi connectivity index (χ3v) is 6.77. The Kier molecular flexibility index (Phi) is 4.59. The highest BCUT2D eigenvalue weighted by molar-refractivity contribution is 7.89. The topological polar surface area (TPSA) is 63.0 Å². The molecule has 0 radical (unpaired) electrons. The number of sulfonamides is 1. The summed E-state index contributed by atoms with van der Waals surface area (Å²) < 4.78 is 37.5. The van der Waals surface area contributed by atoms with E-state index in [0.29, 0.717) is 6.54 Å². The molecule has 7 heteroatoms. The number of furan rings is 1. The maximum Gasteiger partial charge on any atom is 0.214 e. The summed E-state index contributed by atoms with van der Waals surface area (Å²) in [7, 11) is -1.44. The fraction of sp³-hybridized carbons (Fsp3) is 0.733. The third kappa shape index (κ3) is 2.95. The van der Waals surface area contributed by atoms with Crippen LogP contribution in [0.5, 0.6) is 0 Å². The predicted octanol–water partition coefficient (Wildman–Crippen LogP) is 1.15. The Balaban J connectivity index is 1.78. The number of likely N-dealkylation sites (tertiary alicyclic amines) is 1. The zero-order valence-electron chi connectivity index (χ0n) is 13.1. The maximum absolute atomic E-state index is 12.4. The van der Waals surface area contributed by atoms with Crippen LogP contribution in [0.4, 0.5) is 0 Å². The fourth-order valence-corrected chi connectivity index (χ4v) is 5.11. The Morgan fingerprint density at radius 3 is 2.86 bits per heavy atom. The molecule has 3 heterocycles. The first-order valence-electron chi connectivity index (χ1n) is 7.82. The normalized spacial score (nSPS) is 30.5. The highest BCUT2D eigenvalue weighted by Crippen LogP contribution is 2.34. The molecule has 0 unspecified atom stereocenters. The average Bonchev–Trinajstić information content (AvgIpc) is 3.15. The van der Waals surface area contributed by atoms with Crippen LogP contribution < -0.4 is 0 Å². The van der Waals surface area contributed by atoms with Crippen LogP contribution in [0.15, 0.2) is 22.8 Å². The molecule has 1 aromatic heterocycles. The van der Waals surface area contributed by atoms with E-state index in [1.54, 1.807) is 24.6 Å². The van der Waals surface area contributed by atoms with Crippen molar-refractivity contribution in [2.45, 2.75) is 32.0 Å². The van der Waals surface area contributed by atoms with Crippen LogP contribution in [-0.4, -0.2) is 62.3 Å². The van der Waals surface area contributed by atoms with Gasteiger partial charge in [-0.1, -0.05) is 0 Å². The smallest absolute Gasteiger partial charge is 0.214 e. The van der Waals surface area contributed by atoms with Crippen molar-refractivity contribution in [2.75, 3.05) is 32.5 Å². The average molecular weight is 328 g/mol. The van der Waals surface area contributed by atoms with E-state index in [-0.39, 0.29) is 23.8 Å². The van der Waals surface area contributed by atoms with Gasteiger partial charge < -0.3 is 9.15 Å². The molecular formula is C15H24N2O4S. The molecule has 2 aliphatic rings. The molecule has 6 nitrogen and oxygen atoms in total. The number of hydrogen-bond donors (Lipinski definition) is 0. The molecule has 0 amide bonds. The summed E-state index contributed by atoms with van der Waals surface area (Å²) in [5.41, 5.74) is 0. The van der Waals surface area contributed by atoms with Gasteiger partial charge in [0.1, 0.15) is 5.76 Å². The van der Waals surface area contributed by atoms with Gasteiger partial charge in [-0.2, -0.15) is 4.31 Å². The molecule has 0 saturated carbocycles. The Bertz CT molecular complexity index is 587. The molecule has 0 spiro atoms. The van der Waals surface area contributed by atoms with Crippen molar-refractivity contribution in [3.63, 3.8) is 0 Å². The van der Waals surface area contributed by atoms with Gasteiger partial charge in [-0.05, 0) is 25.5 Å². The van der Waals surface area contributed by atoms with Gasteiger partial charge in [-0.3, -0.25) is 4.90 Å². The van der Waals surface area contributed by atoms with E-state index in [9.17, 15) is 8.42 Å². The Morgan fingerprint density at radius 2 is 2.23 bits per heavy atom. The maximum atomic E-state index is 12.4. The van der Waals surface area contributed by atoms with Gasteiger partial charge in [0, 0.05) is 38.7 Å². The van der Waals surface area contributed by atoms with E-state index < -0.39 is 10.0 Å². The highest BCUT2D eigenvalue weighted by Gasteiger charge is 2.47. The van der Waals surface area contributed by atoms with Gasteiger partial charge in [0.2, 0.25) is 10.0 Å². The lowest BCUT2D eigenvalue weighted by Crippen LogP contribution is -2.53. The zero-order chi connectivity index (χ0) is 15.7. The molecule has 0 aromatic carbocycles. The van der Waals surface area contributed by atoms with Crippen LogP contribution in [-0.2, 0) is 21.3 Å². The molecule has 22 heavy (non-hydrogen) atoms. The Morgan fingerprint density at radius 1 is 1.41 bits per heavy atom. The molecule has 124 valence electrons. The molecule has 3 atom stereocenters. The molecule has 0 N–H and O–H groups in total. The lowest BCUT2D eigenvalue weighted by molar-refractivity contribution is 0.00227. The number of rotatable bonds is 5. The van der Waals surface area contributed by atoms with Gasteiger partial charge in [0.25, 0.3) is 0 Å². The minimum absolute atomic E-state index is 0.0126. The number of fused-ring (bicyclic) bond motifs is 1. The van der Waals surface area contributed by atoms with Gasteiger partial charge in [0.05, 0.1) is 24.7 Å². The van der Waals surface area contributed by atoms with Crippen molar-refractivity contribution in [1.82, 2.24) is 9.21 Å².